The molecule has 0 radical (unpaired) electrons. The number of unbranched alkanes of at least 4 members (excludes halogenated alkanes) is 1. The first-order chi connectivity index (χ1) is 6.92. The van der Waals surface area contributed by atoms with Crippen LogP contribution in [0.5, 0.6) is 0 Å². The molecule has 4 nitrogen and oxygen atoms in total. The van der Waals surface area contributed by atoms with E-state index in [4.69, 9.17) is 10.5 Å². The average Bonchev–Trinajstić information content (AvgIpc) is 2.07. The Morgan fingerprint density at radius 3 is 2.47 bits per heavy atom. The zero-order chi connectivity index (χ0) is 11.7. The number of nitrogens with two attached hydrogens (primary N) is 1. The van der Waals surface area contributed by atoms with Crippen LogP contribution in [0.4, 0.5) is 0 Å². The van der Waals surface area contributed by atoms with Crippen molar-refractivity contribution in [2.75, 3.05) is 19.7 Å². The molecule has 0 rings (SSSR count). The summed E-state index contributed by atoms with van der Waals surface area (Å²) in [7, 11) is 0. The minimum absolute atomic E-state index is 0.0619. The monoisotopic (exact) mass is 216 g/mol. The Labute approximate surface area is 92.6 Å². The standard InChI is InChI=1S/C11H24N2O2/c1-11(2,3)15-9-8-13-7-5-4-6-10(12)14/h13H,4-9H2,1-3H3,(H2,12,14). The molecule has 0 heterocycles. The number of ether oxygens (including phenoxy) is 1. The second-order valence-electron chi connectivity index (χ2n) is 4.63. The van der Waals surface area contributed by atoms with Gasteiger partial charge in [0.05, 0.1) is 12.2 Å². The largest absolute Gasteiger partial charge is 0.375 e. The fraction of sp³-hybridized carbons (Fsp3) is 0.909. The quantitative estimate of drug-likeness (QED) is 0.596. The average molecular weight is 216 g/mol. The van der Waals surface area contributed by atoms with Crippen molar-refractivity contribution in [3.63, 3.8) is 0 Å². The predicted octanol–water partition coefficient (Wildman–Crippen LogP) is 1.05. The Morgan fingerprint density at radius 2 is 1.93 bits per heavy atom. The van der Waals surface area contributed by atoms with Crippen molar-refractivity contribution in [1.82, 2.24) is 5.32 Å². The third-order valence-electron chi connectivity index (χ3n) is 1.84. The molecule has 1 amide bonds. The third-order valence-corrected chi connectivity index (χ3v) is 1.84. The molecule has 0 bridgehead atoms. The van der Waals surface area contributed by atoms with Gasteiger partial charge in [0.1, 0.15) is 0 Å². The SMILES string of the molecule is CC(C)(C)OCCNCCCCC(N)=O. The van der Waals surface area contributed by atoms with Crippen LogP contribution < -0.4 is 11.1 Å². The Balaban J connectivity index is 3.09. The normalized spacial score (nSPS) is 11.7. The number of carbonyl (C=O) groups is 1. The van der Waals surface area contributed by atoms with Gasteiger partial charge in [-0.05, 0) is 40.2 Å². The van der Waals surface area contributed by atoms with Gasteiger partial charge < -0.3 is 15.8 Å². The summed E-state index contributed by atoms with van der Waals surface area (Å²) in [6, 6.07) is 0. The summed E-state index contributed by atoms with van der Waals surface area (Å²) in [5.74, 6) is -0.217. The van der Waals surface area contributed by atoms with E-state index in [2.05, 4.69) is 5.32 Å². The van der Waals surface area contributed by atoms with Gasteiger partial charge in [-0.2, -0.15) is 0 Å². The number of rotatable bonds is 8. The first kappa shape index (κ1) is 14.4. The van der Waals surface area contributed by atoms with Crippen LogP contribution in [-0.2, 0) is 9.53 Å². The van der Waals surface area contributed by atoms with Crippen LogP contribution in [-0.4, -0.2) is 31.2 Å². The fourth-order valence-corrected chi connectivity index (χ4v) is 1.10. The highest BCUT2D eigenvalue weighted by molar-refractivity contribution is 5.73. The van der Waals surface area contributed by atoms with Crippen LogP contribution >= 0.6 is 0 Å². The van der Waals surface area contributed by atoms with Crippen LogP contribution in [0.25, 0.3) is 0 Å². The van der Waals surface area contributed by atoms with Gasteiger partial charge >= 0.3 is 0 Å². The number of carbonyl (C=O) groups excluding carboxylic acids is 1. The molecule has 0 atom stereocenters. The van der Waals surface area contributed by atoms with Gasteiger partial charge in [-0.15, -0.1) is 0 Å². The maximum absolute atomic E-state index is 10.4. The second-order valence-corrected chi connectivity index (χ2v) is 4.63. The molecule has 0 fully saturated rings. The van der Waals surface area contributed by atoms with Crippen molar-refractivity contribution in [1.29, 1.82) is 0 Å². The highest BCUT2D eigenvalue weighted by Crippen LogP contribution is 2.04. The molecule has 15 heavy (non-hydrogen) atoms. The topological polar surface area (TPSA) is 64.3 Å². The number of primary amides is 1. The van der Waals surface area contributed by atoms with Crippen LogP contribution in [0.2, 0.25) is 0 Å². The van der Waals surface area contributed by atoms with Crippen molar-refractivity contribution in [3.8, 4) is 0 Å². The lowest BCUT2D eigenvalue weighted by Gasteiger charge is -2.19. The van der Waals surface area contributed by atoms with E-state index in [0.29, 0.717) is 6.42 Å². The van der Waals surface area contributed by atoms with E-state index < -0.39 is 0 Å². The number of amides is 1. The first-order valence-corrected chi connectivity index (χ1v) is 5.55. The molecular weight excluding hydrogens is 192 g/mol. The van der Waals surface area contributed by atoms with Gasteiger partial charge in [0.2, 0.25) is 5.91 Å². The van der Waals surface area contributed by atoms with Gasteiger partial charge in [-0.1, -0.05) is 0 Å². The summed E-state index contributed by atoms with van der Waals surface area (Å²) >= 11 is 0. The molecular formula is C11H24N2O2. The minimum atomic E-state index is -0.217. The molecule has 4 heteroatoms. The van der Waals surface area contributed by atoms with Crippen molar-refractivity contribution in [2.24, 2.45) is 5.73 Å². The van der Waals surface area contributed by atoms with Gasteiger partial charge in [-0.25, -0.2) is 0 Å². The van der Waals surface area contributed by atoms with Gasteiger partial charge in [0.25, 0.3) is 0 Å². The molecule has 0 aromatic heterocycles. The summed E-state index contributed by atoms with van der Waals surface area (Å²) in [6.45, 7) is 8.62. The smallest absolute Gasteiger partial charge is 0.217 e. The Morgan fingerprint density at radius 1 is 1.27 bits per heavy atom. The maximum atomic E-state index is 10.4. The number of hydrogen-bond donors (Lipinski definition) is 2. The second kappa shape index (κ2) is 7.65. The van der Waals surface area contributed by atoms with E-state index in [-0.39, 0.29) is 11.5 Å². The lowest BCUT2D eigenvalue weighted by atomic mass is 10.2. The first-order valence-electron chi connectivity index (χ1n) is 5.55. The summed E-state index contributed by atoms with van der Waals surface area (Å²) < 4.78 is 5.54. The van der Waals surface area contributed by atoms with E-state index in [1.807, 2.05) is 20.8 Å². The van der Waals surface area contributed by atoms with Crippen LogP contribution in [0.3, 0.4) is 0 Å². The van der Waals surface area contributed by atoms with E-state index in [1.54, 1.807) is 0 Å². The van der Waals surface area contributed by atoms with E-state index in [1.165, 1.54) is 0 Å². The molecule has 3 N–H and O–H groups in total. The summed E-state index contributed by atoms with van der Waals surface area (Å²) in [6.07, 6.45) is 2.33. The van der Waals surface area contributed by atoms with Crippen molar-refractivity contribution >= 4 is 5.91 Å². The number of hydrogen-bond acceptors (Lipinski definition) is 3. The Kier molecular flexibility index (Phi) is 7.34. The molecule has 0 aromatic carbocycles. The molecule has 0 saturated heterocycles. The third kappa shape index (κ3) is 13.4. The summed E-state index contributed by atoms with van der Waals surface area (Å²) in [4.78, 5) is 10.4. The van der Waals surface area contributed by atoms with E-state index >= 15 is 0 Å². The fourth-order valence-electron chi connectivity index (χ4n) is 1.10. The molecule has 0 aliphatic carbocycles. The molecule has 0 aliphatic heterocycles. The lowest BCUT2D eigenvalue weighted by molar-refractivity contribution is -0.118. The highest BCUT2D eigenvalue weighted by atomic mass is 16.5. The zero-order valence-corrected chi connectivity index (χ0v) is 10.1. The van der Waals surface area contributed by atoms with Gasteiger partial charge in [0, 0.05) is 13.0 Å². The molecule has 0 saturated carbocycles. The van der Waals surface area contributed by atoms with Crippen LogP contribution in [0, 0.1) is 0 Å². The number of nitrogens with one attached hydrogen (secondary N) is 1. The highest BCUT2D eigenvalue weighted by Gasteiger charge is 2.08. The van der Waals surface area contributed by atoms with E-state index in [0.717, 1.165) is 32.5 Å². The van der Waals surface area contributed by atoms with Crippen molar-refractivity contribution in [3.05, 3.63) is 0 Å². The van der Waals surface area contributed by atoms with Crippen LogP contribution in [0.15, 0.2) is 0 Å². The Hall–Kier alpha value is -0.610. The van der Waals surface area contributed by atoms with Crippen molar-refractivity contribution in [2.45, 2.75) is 45.6 Å². The molecule has 0 spiro atoms. The zero-order valence-electron chi connectivity index (χ0n) is 10.1. The summed E-state index contributed by atoms with van der Waals surface area (Å²) in [5.41, 5.74) is 4.96. The Bertz CT molecular complexity index is 176. The van der Waals surface area contributed by atoms with Crippen LogP contribution in [0.1, 0.15) is 40.0 Å². The minimum Gasteiger partial charge on any atom is -0.375 e. The van der Waals surface area contributed by atoms with Gasteiger partial charge in [0.15, 0.2) is 0 Å². The molecule has 0 aliphatic rings. The predicted molar refractivity (Wildman–Crippen MR) is 61.6 cm³/mol. The molecule has 90 valence electrons. The van der Waals surface area contributed by atoms with Gasteiger partial charge in [-0.3, -0.25) is 4.79 Å². The van der Waals surface area contributed by atoms with E-state index in [9.17, 15) is 4.79 Å². The summed E-state index contributed by atoms with van der Waals surface area (Å²) in [5, 5.41) is 3.25. The molecule has 0 aromatic rings. The maximum Gasteiger partial charge on any atom is 0.217 e. The lowest BCUT2D eigenvalue weighted by Crippen LogP contribution is -2.27. The molecule has 0 unspecified atom stereocenters. The van der Waals surface area contributed by atoms with Crippen molar-refractivity contribution < 1.29 is 9.53 Å².